The molecule has 3 aromatic carbocycles. The average molecular weight is 409 g/mol. The normalized spacial score (nSPS) is 10.3. The van der Waals surface area contributed by atoms with E-state index in [0.29, 0.717) is 22.5 Å². The van der Waals surface area contributed by atoms with Gasteiger partial charge in [-0.2, -0.15) is 0 Å². The molecule has 3 N–H and O–H groups in total. The van der Waals surface area contributed by atoms with Crippen molar-refractivity contribution in [3.8, 4) is 0 Å². The number of nitrogens with two attached hydrogens (primary N) is 1. The van der Waals surface area contributed by atoms with Gasteiger partial charge in [0.1, 0.15) is 0 Å². The Morgan fingerprint density at radius 1 is 0.923 bits per heavy atom. The lowest BCUT2D eigenvalue weighted by Crippen LogP contribution is -2.17. The van der Waals surface area contributed by atoms with Crippen LogP contribution in [-0.4, -0.2) is 11.7 Å². The van der Waals surface area contributed by atoms with Gasteiger partial charge in [-0.25, -0.2) is 0 Å². The number of ketones is 1. The Morgan fingerprint density at radius 2 is 1.62 bits per heavy atom. The number of carbonyl (C=O) groups excluding carboxylic acids is 2. The molecule has 26 heavy (non-hydrogen) atoms. The summed E-state index contributed by atoms with van der Waals surface area (Å²) < 4.78 is 0.955. The summed E-state index contributed by atoms with van der Waals surface area (Å²) in [5, 5.41) is 2.82. The van der Waals surface area contributed by atoms with Crippen LogP contribution in [0.5, 0.6) is 0 Å². The minimum atomic E-state index is -0.195. The van der Waals surface area contributed by atoms with Crippen molar-refractivity contribution in [3.05, 3.63) is 94.0 Å². The van der Waals surface area contributed by atoms with E-state index in [2.05, 4.69) is 21.2 Å². The summed E-state index contributed by atoms with van der Waals surface area (Å²) in [4.78, 5) is 25.2. The van der Waals surface area contributed by atoms with Crippen LogP contribution in [0.4, 0.5) is 11.4 Å². The second kappa shape index (κ2) is 7.97. The third-order valence-electron chi connectivity index (χ3n) is 3.88. The SMILES string of the molecule is Nc1ccc(NC(=O)Cc2ccc(Br)cc2)c(C(=O)c2ccccc2)c1. The van der Waals surface area contributed by atoms with Gasteiger partial charge in [0.05, 0.1) is 12.1 Å². The number of nitrogen functional groups attached to an aromatic ring is 1. The smallest absolute Gasteiger partial charge is 0.228 e. The second-order valence-electron chi connectivity index (χ2n) is 5.85. The number of halogens is 1. The highest BCUT2D eigenvalue weighted by Gasteiger charge is 2.16. The minimum Gasteiger partial charge on any atom is -0.399 e. The summed E-state index contributed by atoms with van der Waals surface area (Å²) in [6.07, 6.45) is 0.219. The van der Waals surface area contributed by atoms with Crippen LogP contribution in [0.3, 0.4) is 0 Å². The first-order chi connectivity index (χ1) is 12.5. The Morgan fingerprint density at radius 3 is 2.31 bits per heavy atom. The summed E-state index contributed by atoms with van der Waals surface area (Å²) in [6.45, 7) is 0. The summed E-state index contributed by atoms with van der Waals surface area (Å²) in [5.41, 5.74) is 8.57. The molecule has 0 spiro atoms. The lowest BCUT2D eigenvalue weighted by atomic mass is 10.0. The van der Waals surface area contributed by atoms with Crippen LogP contribution in [0, 0.1) is 0 Å². The van der Waals surface area contributed by atoms with Crippen molar-refractivity contribution in [2.75, 3.05) is 11.1 Å². The van der Waals surface area contributed by atoms with Gasteiger partial charge >= 0.3 is 0 Å². The van der Waals surface area contributed by atoms with E-state index in [1.165, 1.54) is 0 Å². The maximum absolute atomic E-state index is 12.8. The number of amides is 1. The molecule has 5 heteroatoms. The largest absolute Gasteiger partial charge is 0.399 e. The highest BCUT2D eigenvalue weighted by Crippen LogP contribution is 2.23. The van der Waals surface area contributed by atoms with Crippen LogP contribution < -0.4 is 11.1 Å². The lowest BCUT2D eigenvalue weighted by molar-refractivity contribution is -0.115. The standard InChI is InChI=1S/C21H17BrN2O2/c22-16-8-6-14(7-9-16)12-20(25)24-19-11-10-17(23)13-18(19)21(26)15-4-2-1-3-5-15/h1-11,13H,12,23H2,(H,24,25). The zero-order valence-corrected chi connectivity index (χ0v) is 15.5. The van der Waals surface area contributed by atoms with Crippen molar-refractivity contribution in [3.63, 3.8) is 0 Å². The summed E-state index contributed by atoms with van der Waals surface area (Å²) in [6, 6.07) is 21.3. The molecule has 1 amide bonds. The number of rotatable bonds is 5. The molecule has 0 aliphatic carbocycles. The van der Waals surface area contributed by atoms with E-state index in [1.54, 1.807) is 42.5 Å². The number of hydrogen-bond donors (Lipinski definition) is 2. The van der Waals surface area contributed by atoms with E-state index >= 15 is 0 Å². The van der Waals surface area contributed by atoms with Crippen molar-refractivity contribution in [2.45, 2.75) is 6.42 Å². The van der Waals surface area contributed by atoms with Crippen LogP contribution in [-0.2, 0) is 11.2 Å². The molecule has 130 valence electrons. The monoisotopic (exact) mass is 408 g/mol. The van der Waals surface area contributed by atoms with Crippen LogP contribution in [0.15, 0.2) is 77.3 Å². The van der Waals surface area contributed by atoms with E-state index in [1.807, 2.05) is 30.3 Å². The molecule has 0 heterocycles. The maximum Gasteiger partial charge on any atom is 0.228 e. The molecule has 0 aliphatic rings. The van der Waals surface area contributed by atoms with Crippen molar-refractivity contribution in [1.29, 1.82) is 0 Å². The molecule has 3 rings (SSSR count). The minimum absolute atomic E-state index is 0.183. The molecule has 0 bridgehead atoms. The number of carbonyl (C=O) groups is 2. The van der Waals surface area contributed by atoms with Crippen LogP contribution in [0.25, 0.3) is 0 Å². The molecule has 0 saturated carbocycles. The fraction of sp³-hybridized carbons (Fsp3) is 0.0476. The summed E-state index contributed by atoms with van der Waals surface area (Å²) in [7, 11) is 0. The molecular weight excluding hydrogens is 392 g/mol. The van der Waals surface area contributed by atoms with Gasteiger partial charge in [-0.05, 0) is 35.9 Å². The van der Waals surface area contributed by atoms with Gasteiger partial charge < -0.3 is 11.1 Å². The van der Waals surface area contributed by atoms with Gasteiger partial charge in [0.2, 0.25) is 5.91 Å². The fourth-order valence-corrected chi connectivity index (χ4v) is 2.85. The lowest BCUT2D eigenvalue weighted by Gasteiger charge is -2.12. The highest BCUT2D eigenvalue weighted by molar-refractivity contribution is 9.10. The van der Waals surface area contributed by atoms with Gasteiger partial charge in [-0.3, -0.25) is 9.59 Å². The van der Waals surface area contributed by atoms with E-state index in [0.717, 1.165) is 10.0 Å². The van der Waals surface area contributed by atoms with E-state index in [4.69, 9.17) is 5.73 Å². The molecule has 0 aromatic heterocycles. The Bertz CT molecular complexity index is 938. The van der Waals surface area contributed by atoms with Crippen molar-refractivity contribution in [1.82, 2.24) is 0 Å². The topological polar surface area (TPSA) is 72.2 Å². The Labute approximate surface area is 160 Å². The molecule has 0 saturated heterocycles. The molecule has 0 atom stereocenters. The third-order valence-corrected chi connectivity index (χ3v) is 4.40. The zero-order valence-electron chi connectivity index (χ0n) is 13.9. The fourth-order valence-electron chi connectivity index (χ4n) is 2.59. The van der Waals surface area contributed by atoms with Crippen LogP contribution >= 0.6 is 15.9 Å². The molecule has 0 unspecified atom stereocenters. The van der Waals surface area contributed by atoms with E-state index < -0.39 is 0 Å². The van der Waals surface area contributed by atoms with Crippen molar-refractivity contribution >= 4 is 39.0 Å². The van der Waals surface area contributed by atoms with Gasteiger partial charge in [0, 0.05) is 21.3 Å². The van der Waals surface area contributed by atoms with E-state index in [9.17, 15) is 9.59 Å². The second-order valence-corrected chi connectivity index (χ2v) is 6.77. The number of nitrogens with one attached hydrogen (secondary N) is 1. The summed E-state index contributed by atoms with van der Waals surface area (Å²) >= 11 is 3.37. The molecule has 0 radical (unpaired) electrons. The Hall–Kier alpha value is -2.92. The number of hydrogen-bond acceptors (Lipinski definition) is 3. The predicted octanol–water partition coefficient (Wildman–Crippen LogP) is 4.44. The van der Waals surface area contributed by atoms with Crippen LogP contribution in [0.2, 0.25) is 0 Å². The first-order valence-electron chi connectivity index (χ1n) is 8.06. The molecular formula is C21H17BrN2O2. The van der Waals surface area contributed by atoms with Crippen molar-refractivity contribution in [2.24, 2.45) is 0 Å². The Balaban J connectivity index is 1.82. The molecule has 0 aliphatic heterocycles. The average Bonchev–Trinajstić information content (AvgIpc) is 2.65. The van der Waals surface area contributed by atoms with Crippen LogP contribution in [0.1, 0.15) is 21.5 Å². The van der Waals surface area contributed by atoms with Crippen molar-refractivity contribution < 1.29 is 9.59 Å². The van der Waals surface area contributed by atoms with E-state index in [-0.39, 0.29) is 18.1 Å². The quantitative estimate of drug-likeness (QED) is 0.483. The zero-order chi connectivity index (χ0) is 18.5. The summed E-state index contributed by atoms with van der Waals surface area (Å²) in [5.74, 6) is -0.379. The molecule has 4 nitrogen and oxygen atoms in total. The highest BCUT2D eigenvalue weighted by atomic mass is 79.9. The number of benzene rings is 3. The van der Waals surface area contributed by atoms with Gasteiger partial charge in [-0.15, -0.1) is 0 Å². The molecule has 3 aromatic rings. The molecule has 0 fully saturated rings. The number of anilines is 2. The third kappa shape index (κ3) is 4.37. The van der Waals surface area contributed by atoms with Gasteiger partial charge in [0.15, 0.2) is 5.78 Å². The first-order valence-corrected chi connectivity index (χ1v) is 8.86. The first kappa shape index (κ1) is 17.9. The Kier molecular flexibility index (Phi) is 5.49. The predicted molar refractivity (Wildman–Crippen MR) is 107 cm³/mol. The van der Waals surface area contributed by atoms with Gasteiger partial charge in [0.25, 0.3) is 0 Å². The van der Waals surface area contributed by atoms with Gasteiger partial charge in [-0.1, -0.05) is 58.4 Å². The maximum atomic E-state index is 12.8.